The van der Waals surface area contributed by atoms with Crippen molar-refractivity contribution in [2.75, 3.05) is 6.54 Å². The standard InChI is InChI=1S/C8H13NO8P2.2H2O/c10-7-2-1-6(5-8(7)11)3-4-9(18(12,13)14)19(15,16)17;;/h1-2,5,10-11H,3-4H2,(H2,12,13,14)(H2,15,16,17);2*1H2. The molecule has 1 aromatic rings. The predicted molar refractivity (Wildman–Crippen MR) is 71.5 cm³/mol. The molecule has 124 valence electrons. The SMILES string of the molecule is O.O.O=P(O)(O)N(CCc1ccc(O)c(O)c1)P(=O)(O)O. The lowest BCUT2D eigenvalue weighted by Crippen LogP contribution is -2.19. The van der Waals surface area contributed by atoms with Gasteiger partial charge in [0.15, 0.2) is 11.5 Å². The van der Waals surface area contributed by atoms with Crippen molar-refractivity contribution in [3.63, 3.8) is 0 Å². The maximum atomic E-state index is 11.0. The highest BCUT2D eigenvalue weighted by Gasteiger charge is 2.39. The van der Waals surface area contributed by atoms with E-state index in [2.05, 4.69) is 0 Å². The molecule has 1 rings (SSSR count). The van der Waals surface area contributed by atoms with Gasteiger partial charge < -0.3 is 40.7 Å². The highest BCUT2D eigenvalue weighted by Crippen LogP contribution is 2.57. The first-order valence-corrected chi connectivity index (χ1v) is 8.05. The molecule has 1 aromatic carbocycles. The number of hydrogen-bond acceptors (Lipinski definition) is 4. The van der Waals surface area contributed by atoms with Crippen molar-refractivity contribution < 1.29 is 49.9 Å². The molecule has 0 aliphatic rings. The Labute approximate surface area is 119 Å². The Balaban J connectivity index is 0. The van der Waals surface area contributed by atoms with Crippen LogP contribution in [0.25, 0.3) is 0 Å². The quantitative estimate of drug-likeness (QED) is 0.268. The number of hydrogen-bond donors (Lipinski definition) is 6. The largest absolute Gasteiger partial charge is 0.504 e. The molecular formula is C8H17NO10P2. The molecule has 21 heavy (non-hydrogen) atoms. The molecule has 11 nitrogen and oxygen atoms in total. The van der Waals surface area contributed by atoms with E-state index >= 15 is 0 Å². The molecule has 0 heterocycles. The molecule has 0 radical (unpaired) electrons. The lowest BCUT2D eigenvalue weighted by molar-refractivity contribution is 0.270. The van der Waals surface area contributed by atoms with E-state index in [0.29, 0.717) is 5.56 Å². The van der Waals surface area contributed by atoms with E-state index in [0.717, 1.165) is 12.1 Å². The maximum Gasteiger partial charge on any atom is 0.412 e. The van der Waals surface area contributed by atoms with Crippen molar-refractivity contribution in [2.24, 2.45) is 0 Å². The van der Waals surface area contributed by atoms with Crippen molar-refractivity contribution >= 4 is 15.5 Å². The summed E-state index contributed by atoms with van der Waals surface area (Å²) in [6.07, 6.45) is -0.135. The Morgan fingerprint density at radius 3 is 1.76 bits per heavy atom. The van der Waals surface area contributed by atoms with Crippen LogP contribution in [0.15, 0.2) is 18.2 Å². The molecule has 0 spiro atoms. The van der Waals surface area contributed by atoms with E-state index in [1.165, 1.54) is 6.07 Å². The summed E-state index contributed by atoms with van der Waals surface area (Å²) in [4.78, 5) is 35.4. The average molecular weight is 349 g/mol. The number of benzene rings is 1. The fourth-order valence-electron chi connectivity index (χ4n) is 1.37. The first-order valence-electron chi connectivity index (χ1n) is 4.92. The van der Waals surface area contributed by atoms with E-state index in [4.69, 9.17) is 24.7 Å². The second-order valence-electron chi connectivity index (χ2n) is 3.70. The number of phenols is 2. The molecule has 0 bridgehead atoms. The van der Waals surface area contributed by atoms with Gasteiger partial charge in [-0.1, -0.05) is 6.07 Å². The molecule has 13 heteroatoms. The lowest BCUT2D eigenvalue weighted by Gasteiger charge is -2.23. The monoisotopic (exact) mass is 349 g/mol. The zero-order chi connectivity index (χ0) is 14.8. The van der Waals surface area contributed by atoms with Crippen molar-refractivity contribution in [3.05, 3.63) is 23.8 Å². The van der Waals surface area contributed by atoms with E-state index in [-0.39, 0.29) is 27.6 Å². The minimum atomic E-state index is -5.10. The highest BCUT2D eigenvalue weighted by molar-refractivity contribution is 7.65. The number of rotatable bonds is 5. The van der Waals surface area contributed by atoms with Crippen LogP contribution in [0.5, 0.6) is 11.5 Å². The fraction of sp³-hybridized carbons (Fsp3) is 0.250. The summed E-state index contributed by atoms with van der Waals surface area (Å²) in [6, 6.07) is 3.64. The van der Waals surface area contributed by atoms with E-state index < -0.39 is 27.8 Å². The summed E-state index contributed by atoms with van der Waals surface area (Å²) < 4.78 is 21.7. The average Bonchev–Trinajstić information content (AvgIpc) is 2.19. The highest BCUT2D eigenvalue weighted by atomic mass is 31.3. The molecule has 0 amide bonds. The van der Waals surface area contributed by atoms with Crippen LogP contribution in [0, 0.1) is 0 Å². The molecule has 10 N–H and O–H groups in total. The van der Waals surface area contributed by atoms with Gasteiger partial charge in [-0.2, -0.15) is 0 Å². The van der Waals surface area contributed by atoms with Gasteiger partial charge in [0.2, 0.25) is 0 Å². The van der Waals surface area contributed by atoms with E-state index in [1.54, 1.807) is 0 Å². The van der Waals surface area contributed by atoms with Crippen LogP contribution in [0.3, 0.4) is 0 Å². The van der Waals surface area contributed by atoms with Gasteiger partial charge in [0.1, 0.15) is 0 Å². The first kappa shape index (κ1) is 22.3. The van der Waals surface area contributed by atoms with Gasteiger partial charge in [-0.05, 0) is 24.1 Å². The maximum absolute atomic E-state index is 11.0. The van der Waals surface area contributed by atoms with E-state index in [1.807, 2.05) is 0 Å². The van der Waals surface area contributed by atoms with Crippen molar-refractivity contribution in [1.82, 2.24) is 4.44 Å². The smallest absolute Gasteiger partial charge is 0.412 e. The molecule has 0 aromatic heterocycles. The van der Waals surface area contributed by atoms with Gasteiger partial charge in [-0.25, -0.2) is 9.13 Å². The van der Waals surface area contributed by atoms with Gasteiger partial charge in [0.25, 0.3) is 0 Å². The normalized spacial score (nSPS) is 11.7. The summed E-state index contributed by atoms with van der Waals surface area (Å²) in [5.74, 6) is -0.804. The Bertz CT molecular complexity index is 530. The van der Waals surface area contributed by atoms with Crippen LogP contribution in [0.1, 0.15) is 5.56 Å². The van der Waals surface area contributed by atoms with Gasteiger partial charge in [0, 0.05) is 6.54 Å². The van der Waals surface area contributed by atoms with Crippen molar-refractivity contribution in [3.8, 4) is 11.5 Å². The number of nitrogens with zero attached hydrogens (tertiary/aromatic N) is 1. The summed E-state index contributed by atoms with van der Waals surface area (Å²) >= 11 is 0. The minimum Gasteiger partial charge on any atom is -0.504 e. The summed E-state index contributed by atoms with van der Waals surface area (Å²) in [5, 5.41) is 18.3. The minimum absolute atomic E-state index is 0. The Hall–Kier alpha value is -1.00. The van der Waals surface area contributed by atoms with Gasteiger partial charge in [-0.15, -0.1) is 4.44 Å². The molecule has 0 aliphatic heterocycles. The van der Waals surface area contributed by atoms with Crippen LogP contribution in [0.2, 0.25) is 0 Å². The Morgan fingerprint density at radius 1 is 0.905 bits per heavy atom. The number of aromatic hydroxyl groups is 2. The molecule has 0 saturated carbocycles. The van der Waals surface area contributed by atoms with E-state index in [9.17, 15) is 14.2 Å². The summed E-state index contributed by atoms with van der Waals surface area (Å²) in [7, 11) is -10.2. The van der Waals surface area contributed by atoms with Crippen LogP contribution in [0.4, 0.5) is 0 Å². The lowest BCUT2D eigenvalue weighted by atomic mass is 10.1. The predicted octanol–water partition coefficient (Wildman–Crippen LogP) is -1.52. The molecule has 0 aliphatic carbocycles. The fourth-order valence-corrected chi connectivity index (χ4v) is 3.30. The molecule has 0 saturated heterocycles. The third kappa shape index (κ3) is 6.53. The second-order valence-corrected chi connectivity index (χ2v) is 7.03. The number of phenolic OH excluding ortho intramolecular Hbond substituents is 2. The van der Waals surface area contributed by atoms with Crippen molar-refractivity contribution in [1.29, 1.82) is 0 Å². The first-order chi connectivity index (χ1) is 8.51. The van der Waals surface area contributed by atoms with Crippen LogP contribution in [-0.4, -0.2) is 51.7 Å². The molecule has 0 unspecified atom stereocenters. The van der Waals surface area contributed by atoms with Gasteiger partial charge >= 0.3 is 15.5 Å². The zero-order valence-corrected chi connectivity index (χ0v) is 12.3. The van der Waals surface area contributed by atoms with Crippen LogP contribution < -0.4 is 0 Å². The summed E-state index contributed by atoms with van der Waals surface area (Å²) in [6.45, 7) is -0.612. The van der Waals surface area contributed by atoms with Gasteiger partial charge in [-0.3, -0.25) is 0 Å². The third-order valence-electron chi connectivity index (χ3n) is 2.24. The molecular weight excluding hydrogens is 332 g/mol. The zero-order valence-electron chi connectivity index (χ0n) is 10.5. The second kappa shape index (κ2) is 7.85. The van der Waals surface area contributed by atoms with Gasteiger partial charge in [0.05, 0.1) is 0 Å². The van der Waals surface area contributed by atoms with Crippen LogP contribution >= 0.6 is 15.5 Å². The molecule has 0 atom stereocenters. The topological polar surface area (TPSA) is 222 Å². The molecule has 0 fully saturated rings. The Morgan fingerprint density at radius 2 is 1.38 bits per heavy atom. The van der Waals surface area contributed by atoms with Crippen LogP contribution in [-0.2, 0) is 15.6 Å². The van der Waals surface area contributed by atoms with Crippen molar-refractivity contribution in [2.45, 2.75) is 6.42 Å². The third-order valence-corrected chi connectivity index (χ3v) is 5.24. The summed E-state index contributed by atoms with van der Waals surface area (Å²) in [5.41, 5.74) is 0.349. The Kier molecular flexibility index (Phi) is 8.33.